The van der Waals surface area contributed by atoms with E-state index in [1.165, 1.54) is 0 Å². The molecule has 0 aromatic rings. The smallest absolute Gasteiger partial charge is 0.0718 e. The van der Waals surface area contributed by atoms with E-state index in [-0.39, 0.29) is 0 Å². The molecule has 0 spiro atoms. The van der Waals surface area contributed by atoms with Gasteiger partial charge in [0.2, 0.25) is 0 Å². The van der Waals surface area contributed by atoms with Crippen LogP contribution >= 0.6 is 0 Å². The molecule has 86 valence electrons. The Morgan fingerprint density at radius 1 is 1.36 bits per heavy atom. The number of hydrogen-bond acceptors (Lipinski definition) is 3. The van der Waals surface area contributed by atoms with E-state index < -0.39 is 5.60 Å². The number of likely N-dealkylation sites (N-methyl/N-ethyl adjacent to an activating group) is 1. The first kappa shape index (κ1) is 13.9. The molecule has 0 saturated carbocycles. The molecule has 0 bridgehead atoms. The lowest BCUT2D eigenvalue weighted by atomic mass is 9.95. The minimum absolute atomic E-state index is 0.516. The summed E-state index contributed by atoms with van der Waals surface area (Å²) in [6.45, 7) is 10.4. The highest BCUT2D eigenvalue weighted by Crippen LogP contribution is 2.12. The van der Waals surface area contributed by atoms with E-state index in [1.807, 2.05) is 20.9 Å². The Kier molecular flexibility index (Phi) is 5.64. The lowest BCUT2D eigenvalue weighted by Crippen LogP contribution is -2.41. The second-order valence-corrected chi connectivity index (χ2v) is 5.25. The zero-order valence-corrected chi connectivity index (χ0v) is 10.2. The Hall–Kier alpha value is -0.120. The molecule has 0 aliphatic carbocycles. The van der Waals surface area contributed by atoms with Gasteiger partial charge in [-0.1, -0.05) is 13.8 Å². The summed E-state index contributed by atoms with van der Waals surface area (Å²) in [5.41, 5.74) is 5.08. The van der Waals surface area contributed by atoms with Gasteiger partial charge in [0.25, 0.3) is 0 Å². The molecule has 0 aromatic carbocycles. The second-order valence-electron chi connectivity index (χ2n) is 5.25. The number of hydrogen-bond donors (Lipinski definition) is 2. The molecule has 3 N–H and O–H groups in total. The van der Waals surface area contributed by atoms with Crippen molar-refractivity contribution in [3.63, 3.8) is 0 Å². The second kappa shape index (κ2) is 5.69. The Morgan fingerprint density at radius 2 is 1.86 bits per heavy atom. The first-order chi connectivity index (χ1) is 6.26. The zero-order valence-electron chi connectivity index (χ0n) is 10.2. The van der Waals surface area contributed by atoms with E-state index in [0.717, 1.165) is 6.54 Å². The first-order valence-electron chi connectivity index (χ1n) is 5.37. The van der Waals surface area contributed by atoms with Crippen molar-refractivity contribution < 1.29 is 5.11 Å². The molecule has 0 aliphatic rings. The van der Waals surface area contributed by atoms with Crippen molar-refractivity contribution in [1.82, 2.24) is 4.90 Å². The monoisotopic (exact) mass is 202 g/mol. The van der Waals surface area contributed by atoms with Gasteiger partial charge in [-0.2, -0.15) is 0 Å². The van der Waals surface area contributed by atoms with Gasteiger partial charge in [0.05, 0.1) is 5.60 Å². The molecule has 0 fully saturated rings. The predicted molar refractivity (Wildman–Crippen MR) is 61.2 cm³/mol. The van der Waals surface area contributed by atoms with Crippen LogP contribution in [0.2, 0.25) is 0 Å². The molecular weight excluding hydrogens is 176 g/mol. The summed E-state index contributed by atoms with van der Waals surface area (Å²) < 4.78 is 0. The largest absolute Gasteiger partial charge is 0.389 e. The standard InChI is InChI=1S/C11H26N2O/c1-9(2)10(6-12)7-13(5)8-11(3,4)14/h9-10,14H,6-8,12H2,1-5H3. The van der Waals surface area contributed by atoms with Gasteiger partial charge in [-0.25, -0.2) is 0 Å². The van der Waals surface area contributed by atoms with Crippen LogP contribution < -0.4 is 5.73 Å². The molecule has 0 radical (unpaired) electrons. The van der Waals surface area contributed by atoms with Gasteiger partial charge in [-0.15, -0.1) is 0 Å². The average Bonchev–Trinajstić information content (AvgIpc) is 1.96. The van der Waals surface area contributed by atoms with E-state index in [2.05, 4.69) is 18.7 Å². The summed E-state index contributed by atoms with van der Waals surface area (Å²) in [6.07, 6.45) is 0. The molecule has 0 aromatic heterocycles. The maximum Gasteiger partial charge on any atom is 0.0718 e. The summed E-state index contributed by atoms with van der Waals surface area (Å²) in [5.74, 6) is 1.12. The summed E-state index contributed by atoms with van der Waals surface area (Å²) in [6, 6.07) is 0. The van der Waals surface area contributed by atoms with Crippen LogP contribution in [-0.2, 0) is 0 Å². The normalized spacial score (nSPS) is 15.2. The van der Waals surface area contributed by atoms with Crippen LogP contribution in [0.4, 0.5) is 0 Å². The maximum absolute atomic E-state index is 9.64. The zero-order chi connectivity index (χ0) is 11.4. The fraction of sp³-hybridized carbons (Fsp3) is 1.00. The Bertz CT molecular complexity index is 152. The topological polar surface area (TPSA) is 49.5 Å². The Labute approximate surface area is 88.3 Å². The molecule has 0 saturated heterocycles. The highest BCUT2D eigenvalue weighted by molar-refractivity contribution is 4.73. The van der Waals surface area contributed by atoms with Crippen LogP contribution in [0.5, 0.6) is 0 Å². The minimum atomic E-state index is -0.620. The van der Waals surface area contributed by atoms with Crippen LogP contribution in [0.3, 0.4) is 0 Å². The van der Waals surface area contributed by atoms with E-state index in [4.69, 9.17) is 5.73 Å². The average molecular weight is 202 g/mol. The highest BCUT2D eigenvalue weighted by atomic mass is 16.3. The van der Waals surface area contributed by atoms with Crippen LogP contribution in [0.1, 0.15) is 27.7 Å². The molecule has 1 atom stereocenters. The highest BCUT2D eigenvalue weighted by Gasteiger charge is 2.19. The van der Waals surface area contributed by atoms with Gasteiger partial charge < -0.3 is 15.7 Å². The van der Waals surface area contributed by atoms with Gasteiger partial charge in [-0.05, 0) is 39.3 Å². The molecule has 0 aliphatic heterocycles. The first-order valence-corrected chi connectivity index (χ1v) is 5.37. The predicted octanol–water partition coefficient (Wildman–Crippen LogP) is 0.920. The van der Waals surface area contributed by atoms with Gasteiger partial charge in [-0.3, -0.25) is 0 Å². The number of aliphatic hydroxyl groups is 1. The van der Waals surface area contributed by atoms with Crippen LogP contribution in [-0.4, -0.2) is 42.3 Å². The van der Waals surface area contributed by atoms with Crippen LogP contribution in [0.25, 0.3) is 0 Å². The molecule has 1 unspecified atom stereocenters. The lowest BCUT2D eigenvalue weighted by molar-refractivity contribution is 0.0383. The van der Waals surface area contributed by atoms with Crippen molar-refractivity contribution in [2.75, 3.05) is 26.7 Å². The van der Waals surface area contributed by atoms with Crippen molar-refractivity contribution in [2.24, 2.45) is 17.6 Å². The van der Waals surface area contributed by atoms with Crippen molar-refractivity contribution in [1.29, 1.82) is 0 Å². The third kappa shape index (κ3) is 6.35. The molecule has 0 rings (SSSR count). The lowest BCUT2D eigenvalue weighted by Gasteiger charge is -2.30. The van der Waals surface area contributed by atoms with E-state index >= 15 is 0 Å². The number of nitrogens with zero attached hydrogens (tertiary/aromatic N) is 1. The summed E-state index contributed by atoms with van der Waals surface area (Å²) in [7, 11) is 2.03. The number of rotatable bonds is 6. The molecule has 3 nitrogen and oxygen atoms in total. The summed E-state index contributed by atoms with van der Waals surface area (Å²) in [5, 5.41) is 9.64. The van der Waals surface area contributed by atoms with Gasteiger partial charge in [0.1, 0.15) is 0 Å². The van der Waals surface area contributed by atoms with E-state index in [0.29, 0.717) is 24.9 Å². The Morgan fingerprint density at radius 3 is 2.14 bits per heavy atom. The molecule has 3 heteroatoms. The quantitative estimate of drug-likeness (QED) is 0.673. The fourth-order valence-electron chi connectivity index (χ4n) is 1.68. The summed E-state index contributed by atoms with van der Waals surface area (Å²) >= 11 is 0. The molecule has 14 heavy (non-hydrogen) atoms. The van der Waals surface area contributed by atoms with Gasteiger partial charge >= 0.3 is 0 Å². The maximum atomic E-state index is 9.64. The fourth-order valence-corrected chi connectivity index (χ4v) is 1.68. The van der Waals surface area contributed by atoms with E-state index in [1.54, 1.807) is 0 Å². The van der Waals surface area contributed by atoms with Crippen LogP contribution in [0.15, 0.2) is 0 Å². The van der Waals surface area contributed by atoms with Gasteiger partial charge in [0.15, 0.2) is 0 Å². The van der Waals surface area contributed by atoms with Crippen molar-refractivity contribution in [3.05, 3.63) is 0 Å². The Balaban J connectivity index is 3.97. The molecular formula is C11H26N2O. The minimum Gasteiger partial charge on any atom is -0.389 e. The van der Waals surface area contributed by atoms with E-state index in [9.17, 15) is 5.11 Å². The SMILES string of the molecule is CC(C)C(CN)CN(C)CC(C)(C)O. The van der Waals surface area contributed by atoms with Gasteiger partial charge in [0, 0.05) is 13.1 Å². The van der Waals surface area contributed by atoms with Crippen molar-refractivity contribution >= 4 is 0 Å². The van der Waals surface area contributed by atoms with Crippen molar-refractivity contribution in [3.8, 4) is 0 Å². The molecule has 0 amide bonds. The third-order valence-electron chi connectivity index (χ3n) is 2.45. The van der Waals surface area contributed by atoms with Crippen molar-refractivity contribution in [2.45, 2.75) is 33.3 Å². The summed E-state index contributed by atoms with van der Waals surface area (Å²) in [4.78, 5) is 2.15. The third-order valence-corrected chi connectivity index (χ3v) is 2.45. The van der Waals surface area contributed by atoms with Crippen LogP contribution in [0, 0.1) is 11.8 Å². The number of nitrogens with two attached hydrogens (primary N) is 1. The molecule has 0 heterocycles.